The van der Waals surface area contributed by atoms with Gasteiger partial charge in [0.25, 0.3) is 17.3 Å². The topological polar surface area (TPSA) is 106 Å². The van der Waals surface area contributed by atoms with Gasteiger partial charge in [0.1, 0.15) is 5.75 Å². The average Bonchev–Trinajstić information content (AvgIpc) is 2.84. The zero-order valence-corrected chi connectivity index (χ0v) is 18.3. The maximum Gasteiger partial charge on any atom is 0.425 e. The quantitative estimate of drug-likeness (QED) is 0.652. The Morgan fingerprint density at radius 1 is 1.21 bits per heavy atom. The number of nitrogens with one attached hydrogen (secondary N) is 2. The summed E-state index contributed by atoms with van der Waals surface area (Å²) in [7, 11) is 0. The standard InChI is InChI=1S/C22H25F3N4O5/c23-22(24,25)17-18(33-13-14-4-10-32-11-5-14)20(28-27-19(17)30)34-16-3-1-2-15(12-16)21(31)29-8-6-26-7-9-29/h1-3,12,14,26H,4-11,13H2,(H,27,30). The number of piperazine rings is 1. The van der Waals surface area contributed by atoms with E-state index in [4.69, 9.17) is 14.2 Å². The third-order valence-electron chi connectivity index (χ3n) is 5.69. The van der Waals surface area contributed by atoms with E-state index in [1.807, 2.05) is 5.10 Å². The number of aromatic nitrogens is 2. The monoisotopic (exact) mass is 482 g/mol. The molecule has 2 aliphatic rings. The fourth-order valence-electron chi connectivity index (χ4n) is 3.85. The van der Waals surface area contributed by atoms with Gasteiger partial charge in [-0.3, -0.25) is 9.59 Å². The minimum absolute atomic E-state index is 0.0260. The predicted molar refractivity (Wildman–Crippen MR) is 114 cm³/mol. The highest BCUT2D eigenvalue weighted by molar-refractivity contribution is 5.94. The van der Waals surface area contributed by atoms with Gasteiger partial charge >= 0.3 is 6.18 Å². The summed E-state index contributed by atoms with van der Waals surface area (Å²) in [6, 6.07) is 6.06. The van der Waals surface area contributed by atoms with Crippen LogP contribution in [0, 0.1) is 5.92 Å². The third-order valence-corrected chi connectivity index (χ3v) is 5.69. The Kier molecular flexibility index (Phi) is 7.37. The molecular weight excluding hydrogens is 457 g/mol. The Morgan fingerprint density at radius 3 is 2.65 bits per heavy atom. The number of amides is 1. The van der Waals surface area contributed by atoms with Crippen LogP contribution in [-0.4, -0.2) is 67.0 Å². The average molecular weight is 482 g/mol. The molecule has 0 saturated carbocycles. The van der Waals surface area contributed by atoms with Crippen LogP contribution >= 0.6 is 0 Å². The third kappa shape index (κ3) is 5.68. The number of halogens is 3. The molecular formula is C22H25F3N4O5. The number of hydrogen-bond donors (Lipinski definition) is 2. The van der Waals surface area contributed by atoms with E-state index in [-0.39, 0.29) is 24.2 Å². The van der Waals surface area contributed by atoms with E-state index in [2.05, 4.69) is 10.4 Å². The van der Waals surface area contributed by atoms with Crippen LogP contribution in [-0.2, 0) is 10.9 Å². The van der Waals surface area contributed by atoms with Gasteiger partial charge in [-0.1, -0.05) is 6.07 Å². The molecule has 9 nitrogen and oxygen atoms in total. The van der Waals surface area contributed by atoms with Crippen molar-refractivity contribution in [1.82, 2.24) is 20.4 Å². The highest BCUT2D eigenvalue weighted by atomic mass is 19.4. The largest absolute Gasteiger partial charge is 0.487 e. The van der Waals surface area contributed by atoms with E-state index >= 15 is 0 Å². The predicted octanol–water partition coefficient (Wildman–Crippen LogP) is 2.43. The Bertz CT molecular complexity index is 1060. The number of ether oxygens (including phenoxy) is 3. The molecule has 0 spiro atoms. The van der Waals surface area contributed by atoms with E-state index in [0.29, 0.717) is 57.8 Å². The van der Waals surface area contributed by atoms with Crippen molar-refractivity contribution in [3.8, 4) is 17.4 Å². The molecule has 2 aliphatic heterocycles. The molecule has 0 aliphatic carbocycles. The first-order valence-electron chi connectivity index (χ1n) is 11.0. The van der Waals surface area contributed by atoms with Gasteiger partial charge in [0.15, 0.2) is 5.56 Å². The number of nitrogens with zero attached hydrogens (tertiary/aromatic N) is 2. The molecule has 1 amide bonds. The van der Waals surface area contributed by atoms with E-state index in [9.17, 15) is 22.8 Å². The normalized spacial score (nSPS) is 17.4. The molecule has 2 saturated heterocycles. The highest BCUT2D eigenvalue weighted by Gasteiger charge is 2.41. The molecule has 0 unspecified atom stereocenters. The van der Waals surface area contributed by atoms with Crippen molar-refractivity contribution in [3.05, 3.63) is 45.7 Å². The molecule has 3 heterocycles. The second kappa shape index (κ2) is 10.4. The lowest BCUT2D eigenvalue weighted by Crippen LogP contribution is -2.46. The molecule has 2 N–H and O–H groups in total. The van der Waals surface area contributed by atoms with Crippen molar-refractivity contribution >= 4 is 5.91 Å². The number of carbonyl (C=O) groups excluding carboxylic acids is 1. The highest BCUT2D eigenvalue weighted by Crippen LogP contribution is 2.40. The van der Waals surface area contributed by atoms with Gasteiger partial charge < -0.3 is 24.4 Å². The fraction of sp³-hybridized carbons (Fsp3) is 0.500. The number of aromatic amines is 1. The van der Waals surface area contributed by atoms with Crippen LogP contribution in [0.2, 0.25) is 0 Å². The molecule has 0 bridgehead atoms. The first-order valence-corrected chi connectivity index (χ1v) is 11.0. The van der Waals surface area contributed by atoms with Crippen LogP contribution in [0.15, 0.2) is 29.1 Å². The van der Waals surface area contributed by atoms with Gasteiger partial charge in [-0.15, -0.1) is 5.10 Å². The lowest BCUT2D eigenvalue weighted by Gasteiger charge is -2.27. The second-order valence-corrected chi connectivity index (χ2v) is 8.10. The summed E-state index contributed by atoms with van der Waals surface area (Å²) in [5, 5.41) is 8.65. The molecule has 4 rings (SSSR count). The van der Waals surface area contributed by atoms with E-state index in [1.165, 1.54) is 12.1 Å². The minimum Gasteiger partial charge on any atom is -0.487 e. The van der Waals surface area contributed by atoms with Crippen LogP contribution < -0.4 is 20.3 Å². The Hall–Kier alpha value is -3.12. The lowest BCUT2D eigenvalue weighted by atomic mass is 10.0. The molecule has 2 aromatic rings. The van der Waals surface area contributed by atoms with Crippen molar-refractivity contribution in [3.63, 3.8) is 0 Å². The molecule has 0 atom stereocenters. The lowest BCUT2D eigenvalue weighted by molar-refractivity contribution is -0.140. The zero-order chi connectivity index (χ0) is 24.1. The summed E-state index contributed by atoms with van der Waals surface area (Å²) in [5.74, 6) is -1.47. The summed E-state index contributed by atoms with van der Waals surface area (Å²) in [6.45, 7) is 3.38. The van der Waals surface area contributed by atoms with Crippen LogP contribution in [0.3, 0.4) is 0 Å². The van der Waals surface area contributed by atoms with Crippen LogP contribution in [0.1, 0.15) is 28.8 Å². The summed E-state index contributed by atoms with van der Waals surface area (Å²) >= 11 is 0. The molecule has 12 heteroatoms. The van der Waals surface area contributed by atoms with Gasteiger partial charge in [0.2, 0.25) is 5.75 Å². The van der Waals surface area contributed by atoms with Crippen molar-refractivity contribution in [1.29, 1.82) is 0 Å². The van der Waals surface area contributed by atoms with Crippen LogP contribution in [0.25, 0.3) is 0 Å². The van der Waals surface area contributed by atoms with E-state index in [0.717, 1.165) is 0 Å². The van der Waals surface area contributed by atoms with Crippen molar-refractivity contribution < 1.29 is 32.2 Å². The minimum atomic E-state index is -4.99. The maximum absolute atomic E-state index is 13.7. The van der Waals surface area contributed by atoms with Crippen molar-refractivity contribution in [2.24, 2.45) is 5.92 Å². The Labute approximate surface area is 193 Å². The molecule has 34 heavy (non-hydrogen) atoms. The number of rotatable bonds is 6. The molecule has 184 valence electrons. The SMILES string of the molecule is O=C(c1cccc(Oc2n[nH]c(=O)c(C(F)(F)F)c2OCC2CCOCC2)c1)N1CCNCC1. The number of benzene rings is 1. The van der Waals surface area contributed by atoms with E-state index < -0.39 is 28.9 Å². The fourth-order valence-corrected chi connectivity index (χ4v) is 3.85. The number of carbonyl (C=O) groups is 1. The summed E-state index contributed by atoms with van der Waals surface area (Å²) in [4.78, 5) is 26.5. The molecule has 1 aromatic heterocycles. The van der Waals surface area contributed by atoms with E-state index in [1.54, 1.807) is 17.0 Å². The first kappa shape index (κ1) is 24.0. The van der Waals surface area contributed by atoms with Crippen molar-refractivity contribution in [2.45, 2.75) is 19.0 Å². The first-order chi connectivity index (χ1) is 16.3. The van der Waals surface area contributed by atoms with Gasteiger partial charge in [-0.25, -0.2) is 5.10 Å². The molecule has 2 fully saturated rings. The summed E-state index contributed by atoms with van der Waals surface area (Å²) < 4.78 is 57.5. The van der Waals surface area contributed by atoms with Crippen LogP contribution in [0.4, 0.5) is 13.2 Å². The number of hydrogen-bond acceptors (Lipinski definition) is 7. The van der Waals surface area contributed by atoms with Gasteiger partial charge in [-0.2, -0.15) is 13.2 Å². The number of H-pyrrole nitrogens is 1. The Balaban J connectivity index is 1.60. The Morgan fingerprint density at radius 2 is 1.94 bits per heavy atom. The zero-order valence-electron chi connectivity index (χ0n) is 18.3. The summed E-state index contributed by atoms with van der Waals surface area (Å²) in [5.41, 5.74) is -2.62. The van der Waals surface area contributed by atoms with Gasteiger partial charge in [-0.05, 0) is 37.0 Å². The smallest absolute Gasteiger partial charge is 0.425 e. The summed E-state index contributed by atoms with van der Waals surface area (Å²) in [6.07, 6.45) is -3.73. The van der Waals surface area contributed by atoms with Crippen LogP contribution in [0.5, 0.6) is 17.4 Å². The molecule has 0 radical (unpaired) electrons. The second-order valence-electron chi connectivity index (χ2n) is 8.10. The van der Waals surface area contributed by atoms with Crippen molar-refractivity contribution in [2.75, 3.05) is 46.0 Å². The number of alkyl halides is 3. The van der Waals surface area contributed by atoms with Gasteiger partial charge in [0.05, 0.1) is 6.61 Å². The molecule has 1 aromatic carbocycles. The van der Waals surface area contributed by atoms with Gasteiger partial charge in [0, 0.05) is 45.0 Å². The maximum atomic E-state index is 13.7.